The largest absolute Gasteiger partial charge is 0.349 e. The van der Waals surface area contributed by atoms with E-state index in [-0.39, 0.29) is 23.3 Å². The van der Waals surface area contributed by atoms with E-state index in [0.29, 0.717) is 18.5 Å². The van der Waals surface area contributed by atoms with Crippen LogP contribution in [0.1, 0.15) is 44.6 Å². The molecule has 0 aromatic heterocycles. The molecule has 3 N–H and O–H groups in total. The molecule has 0 radical (unpaired) electrons. The first-order valence-corrected chi connectivity index (χ1v) is 7.43. The second kappa shape index (κ2) is 6.10. The standard InChI is InChI=1S/C16H22F2N2O/c1-3-16(4-2,9-19)20-15(21)12-8-11(12)10-5-6-13(17)14(18)7-10/h5-7,11-12H,3-4,8-9,19H2,1-2H3,(H,20,21). The fourth-order valence-corrected chi connectivity index (χ4v) is 2.72. The van der Waals surface area contributed by atoms with E-state index in [0.717, 1.165) is 18.9 Å². The zero-order valence-corrected chi connectivity index (χ0v) is 12.5. The number of amides is 1. The van der Waals surface area contributed by atoms with Gasteiger partial charge in [0.1, 0.15) is 0 Å². The third-order valence-corrected chi connectivity index (χ3v) is 4.63. The minimum Gasteiger partial charge on any atom is -0.349 e. The molecule has 1 fully saturated rings. The quantitative estimate of drug-likeness (QED) is 0.848. The van der Waals surface area contributed by atoms with Crippen LogP contribution >= 0.6 is 0 Å². The molecule has 3 nitrogen and oxygen atoms in total. The summed E-state index contributed by atoms with van der Waals surface area (Å²) >= 11 is 0. The number of rotatable bonds is 6. The lowest BCUT2D eigenvalue weighted by atomic mass is 9.92. The topological polar surface area (TPSA) is 55.1 Å². The van der Waals surface area contributed by atoms with Crippen LogP contribution < -0.4 is 11.1 Å². The normalized spacial score (nSPS) is 21.2. The summed E-state index contributed by atoms with van der Waals surface area (Å²) in [5.74, 6) is -1.96. The summed E-state index contributed by atoms with van der Waals surface area (Å²) in [5.41, 5.74) is 6.09. The molecular weight excluding hydrogens is 274 g/mol. The van der Waals surface area contributed by atoms with E-state index < -0.39 is 11.6 Å². The highest BCUT2D eigenvalue weighted by atomic mass is 19.2. The Kier molecular flexibility index (Phi) is 4.61. The summed E-state index contributed by atoms with van der Waals surface area (Å²) < 4.78 is 26.2. The maximum absolute atomic E-state index is 13.2. The molecule has 1 aliphatic rings. The SMILES string of the molecule is CCC(CC)(CN)NC(=O)C1CC1c1ccc(F)c(F)c1. The van der Waals surface area contributed by atoms with Crippen LogP contribution in [0.25, 0.3) is 0 Å². The molecule has 2 atom stereocenters. The van der Waals surface area contributed by atoms with Crippen LogP contribution in [0.2, 0.25) is 0 Å². The average Bonchev–Trinajstić information content (AvgIpc) is 3.28. The summed E-state index contributed by atoms with van der Waals surface area (Å²) in [6.45, 7) is 4.39. The highest BCUT2D eigenvalue weighted by Gasteiger charge is 2.45. The van der Waals surface area contributed by atoms with Crippen molar-refractivity contribution in [2.75, 3.05) is 6.54 Å². The van der Waals surface area contributed by atoms with Crippen molar-refractivity contribution in [1.29, 1.82) is 0 Å². The molecule has 5 heteroatoms. The molecular formula is C16H22F2N2O. The van der Waals surface area contributed by atoms with Crippen molar-refractivity contribution in [2.45, 2.75) is 44.6 Å². The summed E-state index contributed by atoms with van der Waals surface area (Å²) in [6.07, 6.45) is 2.22. The monoisotopic (exact) mass is 296 g/mol. The van der Waals surface area contributed by atoms with Gasteiger partial charge in [-0.1, -0.05) is 19.9 Å². The smallest absolute Gasteiger partial charge is 0.224 e. The first kappa shape index (κ1) is 15.9. The Bertz CT molecular complexity index is 521. The zero-order chi connectivity index (χ0) is 15.6. The van der Waals surface area contributed by atoms with Gasteiger partial charge < -0.3 is 11.1 Å². The number of nitrogens with one attached hydrogen (secondary N) is 1. The number of hydrogen-bond donors (Lipinski definition) is 2. The van der Waals surface area contributed by atoms with Crippen molar-refractivity contribution in [3.05, 3.63) is 35.4 Å². The lowest BCUT2D eigenvalue weighted by Crippen LogP contribution is -2.53. The molecule has 0 aliphatic heterocycles. The molecule has 0 bridgehead atoms. The molecule has 0 spiro atoms. The average molecular weight is 296 g/mol. The van der Waals surface area contributed by atoms with Gasteiger partial charge in [0, 0.05) is 12.5 Å². The molecule has 2 rings (SSSR count). The summed E-state index contributed by atoms with van der Waals surface area (Å²) in [7, 11) is 0. The third-order valence-electron chi connectivity index (χ3n) is 4.63. The van der Waals surface area contributed by atoms with Gasteiger partial charge in [0.05, 0.1) is 5.54 Å². The van der Waals surface area contributed by atoms with Gasteiger partial charge in [-0.3, -0.25) is 4.79 Å². The van der Waals surface area contributed by atoms with E-state index in [1.165, 1.54) is 6.07 Å². The second-order valence-corrected chi connectivity index (χ2v) is 5.80. The van der Waals surface area contributed by atoms with Crippen molar-refractivity contribution < 1.29 is 13.6 Å². The molecule has 1 amide bonds. The number of benzene rings is 1. The number of hydrogen-bond acceptors (Lipinski definition) is 2. The summed E-state index contributed by atoms with van der Waals surface area (Å²) in [6, 6.07) is 3.84. The van der Waals surface area contributed by atoms with Gasteiger partial charge in [0.15, 0.2) is 11.6 Å². The Hall–Kier alpha value is -1.49. The van der Waals surface area contributed by atoms with Gasteiger partial charge in [0.2, 0.25) is 5.91 Å². The van der Waals surface area contributed by atoms with E-state index in [9.17, 15) is 13.6 Å². The molecule has 0 saturated heterocycles. The number of carbonyl (C=O) groups is 1. The predicted octanol–water partition coefficient (Wildman–Crippen LogP) is 2.70. The fourth-order valence-electron chi connectivity index (χ4n) is 2.72. The highest BCUT2D eigenvalue weighted by molar-refractivity contribution is 5.83. The van der Waals surface area contributed by atoms with Crippen LogP contribution in [0.5, 0.6) is 0 Å². The number of nitrogens with two attached hydrogens (primary N) is 1. The van der Waals surface area contributed by atoms with Crippen molar-refractivity contribution in [1.82, 2.24) is 5.32 Å². The van der Waals surface area contributed by atoms with E-state index in [1.54, 1.807) is 6.07 Å². The molecule has 116 valence electrons. The van der Waals surface area contributed by atoms with Crippen LogP contribution in [0.4, 0.5) is 8.78 Å². The highest BCUT2D eigenvalue weighted by Crippen LogP contribution is 2.48. The first-order chi connectivity index (χ1) is 9.96. The van der Waals surface area contributed by atoms with Gasteiger partial charge >= 0.3 is 0 Å². The van der Waals surface area contributed by atoms with Crippen LogP contribution in [-0.4, -0.2) is 18.0 Å². The van der Waals surface area contributed by atoms with Crippen LogP contribution in [0.3, 0.4) is 0 Å². The molecule has 1 aromatic carbocycles. The minimum absolute atomic E-state index is 0.0238. The Balaban J connectivity index is 2.02. The summed E-state index contributed by atoms with van der Waals surface area (Å²) in [4.78, 5) is 12.3. The predicted molar refractivity (Wildman–Crippen MR) is 77.7 cm³/mol. The Morgan fingerprint density at radius 3 is 2.52 bits per heavy atom. The Labute approximate surface area is 123 Å². The van der Waals surface area contributed by atoms with Crippen LogP contribution in [-0.2, 0) is 4.79 Å². The van der Waals surface area contributed by atoms with Crippen LogP contribution in [0, 0.1) is 17.6 Å². The van der Waals surface area contributed by atoms with E-state index in [4.69, 9.17) is 5.73 Å². The molecule has 21 heavy (non-hydrogen) atoms. The fraction of sp³-hybridized carbons (Fsp3) is 0.562. The minimum atomic E-state index is -0.864. The van der Waals surface area contributed by atoms with Gasteiger partial charge in [-0.25, -0.2) is 8.78 Å². The van der Waals surface area contributed by atoms with Gasteiger partial charge in [-0.15, -0.1) is 0 Å². The summed E-state index contributed by atoms with van der Waals surface area (Å²) in [5, 5.41) is 3.04. The van der Waals surface area contributed by atoms with E-state index >= 15 is 0 Å². The second-order valence-electron chi connectivity index (χ2n) is 5.80. The maximum atomic E-state index is 13.2. The lowest BCUT2D eigenvalue weighted by molar-refractivity contribution is -0.124. The maximum Gasteiger partial charge on any atom is 0.224 e. The van der Waals surface area contributed by atoms with Crippen molar-refractivity contribution >= 4 is 5.91 Å². The van der Waals surface area contributed by atoms with E-state index in [2.05, 4.69) is 5.32 Å². The van der Waals surface area contributed by atoms with Gasteiger partial charge in [-0.2, -0.15) is 0 Å². The molecule has 1 saturated carbocycles. The van der Waals surface area contributed by atoms with Gasteiger partial charge in [-0.05, 0) is 42.9 Å². The Morgan fingerprint density at radius 1 is 1.33 bits per heavy atom. The number of halogens is 2. The molecule has 1 aromatic rings. The third kappa shape index (κ3) is 3.23. The lowest BCUT2D eigenvalue weighted by Gasteiger charge is -2.31. The van der Waals surface area contributed by atoms with Crippen LogP contribution in [0.15, 0.2) is 18.2 Å². The molecule has 1 aliphatic carbocycles. The zero-order valence-electron chi connectivity index (χ0n) is 12.5. The van der Waals surface area contributed by atoms with Gasteiger partial charge in [0.25, 0.3) is 0 Å². The van der Waals surface area contributed by atoms with Crippen molar-refractivity contribution in [2.24, 2.45) is 11.7 Å². The molecule has 2 unspecified atom stereocenters. The Morgan fingerprint density at radius 2 is 2.00 bits per heavy atom. The first-order valence-electron chi connectivity index (χ1n) is 7.43. The number of carbonyl (C=O) groups excluding carboxylic acids is 1. The van der Waals surface area contributed by atoms with Crippen molar-refractivity contribution in [3.8, 4) is 0 Å². The van der Waals surface area contributed by atoms with E-state index in [1.807, 2.05) is 13.8 Å². The molecule has 0 heterocycles. The van der Waals surface area contributed by atoms with Crippen molar-refractivity contribution in [3.63, 3.8) is 0 Å².